The zero-order valence-electron chi connectivity index (χ0n) is 14.2. The second-order valence-electron chi connectivity index (χ2n) is 5.81. The van der Waals surface area contributed by atoms with E-state index in [4.69, 9.17) is 9.15 Å². The van der Waals surface area contributed by atoms with Crippen molar-refractivity contribution in [3.63, 3.8) is 0 Å². The third-order valence-corrected chi connectivity index (χ3v) is 5.35. The van der Waals surface area contributed by atoms with Crippen LogP contribution in [0.4, 0.5) is 4.39 Å². The fourth-order valence-electron chi connectivity index (χ4n) is 2.85. The van der Waals surface area contributed by atoms with Crippen molar-refractivity contribution in [1.82, 2.24) is 4.83 Å². The van der Waals surface area contributed by atoms with Gasteiger partial charge in [0.25, 0.3) is 10.0 Å². The predicted molar refractivity (Wildman–Crippen MR) is 91.0 cm³/mol. The Morgan fingerprint density at radius 2 is 1.96 bits per heavy atom. The average Bonchev–Trinajstić information content (AvgIpc) is 2.97. The number of aryl methyl sites for hydroxylation is 1. The maximum atomic E-state index is 13.0. The van der Waals surface area contributed by atoms with E-state index in [0.717, 1.165) is 24.3 Å². The SMILES string of the molecule is COC(=O)c1oc2c(c1C)/C(=N/NS(=O)(=O)c1ccc(F)cc1)CCC2. The lowest BCUT2D eigenvalue weighted by Gasteiger charge is -2.14. The van der Waals surface area contributed by atoms with E-state index in [1.165, 1.54) is 7.11 Å². The van der Waals surface area contributed by atoms with Crippen LogP contribution in [0.25, 0.3) is 0 Å². The predicted octanol–water partition coefficient (Wildman–Crippen LogP) is 2.53. The van der Waals surface area contributed by atoms with E-state index in [1.54, 1.807) is 6.92 Å². The van der Waals surface area contributed by atoms with Gasteiger partial charge >= 0.3 is 5.97 Å². The van der Waals surface area contributed by atoms with Crippen molar-refractivity contribution in [3.8, 4) is 0 Å². The standard InChI is InChI=1S/C17H17FN2O5S/c1-10-15-13(4-3-5-14(15)25-16(10)17(21)24-2)19-20-26(22,23)12-8-6-11(18)7-9-12/h6-9,20H,3-5H2,1-2H3/b19-13+. The Kier molecular flexibility index (Phi) is 4.82. The van der Waals surface area contributed by atoms with E-state index in [2.05, 4.69) is 9.93 Å². The molecular weight excluding hydrogens is 363 g/mol. The lowest BCUT2D eigenvalue weighted by Crippen LogP contribution is -2.22. The number of halogens is 1. The summed E-state index contributed by atoms with van der Waals surface area (Å²) in [6.45, 7) is 1.70. The molecule has 0 fully saturated rings. The summed E-state index contributed by atoms with van der Waals surface area (Å²) >= 11 is 0. The summed E-state index contributed by atoms with van der Waals surface area (Å²) in [6, 6.07) is 4.43. The first-order valence-electron chi connectivity index (χ1n) is 7.88. The second-order valence-corrected chi connectivity index (χ2v) is 7.47. The maximum Gasteiger partial charge on any atom is 0.374 e. The van der Waals surface area contributed by atoms with Gasteiger partial charge in [0.2, 0.25) is 5.76 Å². The number of hydrogen-bond donors (Lipinski definition) is 1. The lowest BCUT2D eigenvalue weighted by molar-refractivity contribution is 0.0562. The molecule has 0 radical (unpaired) electrons. The van der Waals surface area contributed by atoms with Crippen LogP contribution >= 0.6 is 0 Å². The van der Waals surface area contributed by atoms with Gasteiger partial charge in [0.1, 0.15) is 11.6 Å². The highest BCUT2D eigenvalue weighted by Gasteiger charge is 2.28. The van der Waals surface area contributed by atoms with Gasteiger partial charge in [-0.1, -0.05) is 0 Å². The van der Waals surface area contributed by atoms with Crippen molar-refractivity contribution in [2.75, 3.05) is 7.11 Å². The van der Waals surface area contributed by atoms with Gasteiger partial charge in [-0.15, -0.1) is 0 Å². The average molecular weight is 380 g/mol. The van der Waals surface area contributed by atoms with E-state index in [-0.39, 0.29) is 10.7 Å². The summed E-state index contributed by atoms with van der Waals surface area (Å²) in [5, 5.41) is 4.03. The topological polar surface area (TPSA) is 98.0 Å². The van der Waals surface area contributed by atoms with Crippen LogP contribution in [0.2, 0.25) is 0 Å². The number of furan rings is 1. The van der Waals surface area contributed by atoms with Crippen molar-refractivity contribution >= 4 is 21.7 Å². The highest BCUT2D eigenvalue weighted by atomic mass is 32.2. The van der Waals surface area contributed by atoms with E-state index >= 15 is 0 Å². The highest BCUT2D eigenvalue weighted by Crippen LogP contribution is 2.30. The Balaban J connectivity index is 1.93. The van der Waals surface area contributed by atoms with E-state index in [9.17, 15) is 17.6 Å². The third-order valence-electron chi connectivity index (χ3n) is 4.12. The van der Waals surface area contributed by atoms with Crippen LogP contribution in [-0.2, 0) is 21.2 Å². The molecular formula is C17H17FN2O5S. The highest BCUT2D eigenvalue weighted by molar-refractivity contribution is 7.89. The molecule has 9 heteroatoms. The first kappa shape index (κ1) is 18.1. The number of rotatable bonds is 4. The molecule has 0 atom stereocenters. The maximum absolute atomic E-state index is 13.0. The Morgan fingerprint density at radius 3 is 2.62 bits per heavy atom. The monoisotopic (exact) mass is 380 g/mol. The van der Waals surface area contributed by atoms with Crippen molar-refractivity contribution in [1.29, 1.82) is 0 Å². The minimum atomic E-state index is -3.93. The largest absolute Gasteiger partial charge is 0.463 e. The molecule has 0 saturated heterocycles. The normalized spacial score (nSPS) is 15.6. The zero-order chi connectivity index (χ0) is 18.9. The number of esters is 1. The molecule has 0 bridgehead atoms. The number of nitrogens with one attached hydrogen (secondary N) is 1. The first-order chi connectivity index (χ1) is 12.3. The Labute approximate surface area is 149 Å². The Morgan fingerprint density at radius 1 is 1.27 bits per heavy atom. The van der Waals surface area contributed by atoms with Gasteiger partial charge in [-0.05, 0) is 44.0 Å². The van der Waals surface area contributed by atoms with Crippen LogP contribution in [0, 0.1) is 12.7 Å². The van der Waals surface area contributed by atoms with Gasteiger partial charge in [0.15, 0.2) is 0 Å². The number of carbonyl (C=O) groups is 1. The fourth-order valence-corrected chi connectivity index (χ4v) is 3.68. The smallest absolute Gasteiger partial charge is 0.374 e. The minimum absolute atomic E-state index is 0.0912. The summed E-state index contributed by atoms with van der Waals surface area (Å²) in [4.78, 5) is 13.9. The van der Waals surface area contributed by atoms with Crippen molar-refractivity contribution < 1.29 is 26.8 Å². The molecule has 0 aliphatic heterocycles. The number of hydrazone groups is 1. The van der Waals surface area contributed by atoms with Crippen molar-refractivity contribution in [2.24, 2.45) is 5.10 Å². The first-order valence-corrected chi connectivity index (χ1v) is 9.36. The zero-order valence-corrected chi connectivity index (χ0v) is 15.0. The molecule has 138 valence electrons. The van der Waals surface area contributed by atoms with Crippen LogP contribution < -0.4 is 4.83 Å². The van der Waals surface area contributed by atoms with Crippen molar-refractivity contribution in [3.05, 3.63) is 52.7 Å². The molecule has 0 spiro atoms. The van der Waals surface area contributed by atoms with Gasteiger partial charge in [-0.25, -0.2) is 9.18 Å². The van der Waals surface area contributed by atoms with E-state index < -0.39 is 21.8 Å². The molecule has 0 unspecified atom stereocenters. The summed E-state index contributed by atoms with van der Waals surface area (Å²) in [6.07, 6.45) is 1.86. The molecule has 1 aromatic heterocycles. The number of ether oxygens (including phenoxy) is 1. The number of methoxy groups -OCH3 is 1. The molecule has 1 aliphatic carbocycles. The molecule has 1 heterocycles. The number of nitrogens with zero attached hydrogens (tertiary/aromatic N) is 1. The molecule has 0 amide bonds. The van der Waals surface area contributed by atoms with Gasteiger partial charge in [0, 0.05) is 17.5 Å². The van der Waals surface area contributed by atoms with Crippen LogP contribution in [0.1, 0.15) is 40.3 Å². The molecule has 26 heavy (non-hydrogen) atoms. The number of sulfonamides is 1. The summed E-state index contributed by atoms with van der Waals surface area (Å²) in [7, 11) is -2.67. The summed E-state index contributed by atoms with van der Waals surface area (Å²) in [5.74, 6) is -0.456. The number of benzene rings is 1. The van der Waals surface area contributed by atoms with Crippen LogP contribution in [0.5, 0.6) is 0 Å². The lowest BCUT2D eigenvalue weighted by atomic mass is 9.93. The van der Waals surface area contributed by atoms with E-state index in [0.29, 0.717) is 41.9 Å². The van der Waals surface area contributed by atoms with Crippen molar-refractivity contribution in [2.45, 2.75) is 31.1 Å². The molecule has 1 N–H and O–H groups in total. The Bertz CT molecular complexity index is 977. The van der Waals surface area contributed by atoms with Gasteiger partial charge in [-0.3, -0.25) is 0 Å². The van der Waals surface area contributed by atoms with E-state index in [1.807, 2.05) is 0 Å². The summed E-state index contributed by atoms with van der Waals surface area (Å²) < 4.78 is 47.8. The number of carbonyl (C=O) groups excluding carboxylic acids is 1. The Hall–Kier alpha value is -2.68. The molecule has 2 aromatic rings. The van der Waals surface area contributed by atoms with Crippen LogP contribution in [0.3, 0.4) is 0 Å². The third kappa shape index (κ3) is 3.34. The van der Waals surface area contributed by atoms with Gasteiger partial charge < -0.3 is 9.15 Å². The second kappa shape index (κ2) is 6.91. The molecule has 0 saturated carbocycles. The quantitative estimate of drug-likeness (QED) is 0.649. The van der Waals surface area contributed by atoms with Gasteiger partial charge in [-0.2, -0.15) is 18.4 Å². The van der Waals surface area contributed by atoms with Crippen LogP contribution in [0.15, 0.2) is 38.7 Å². The minimum Gasteiger partial charge on any atom is -0.463 e. The number of hydrogen-bond acceptors (Lipinski definition) is 6. The molecule has 7 nitrogen and oxygen atoms in total. The molecule has 1 aromatic carbocycles. The molecule has 1 aliphatic rings. The molecule has 3 rings (SSSR count). The van der Waals surface area contributed by atoms with Gasteiger partial charge in [0.05, 0.1) is 17.7 Å². The fraction of sp³-hybridized carbons (Fsp3) is 0.294. The number of fused-ring (bicyclic) bond motifs is 1. The summed E-state index contributed by atoms with van der Waals surface area (Å²) in [5.41, 5.74) is 1.66. The van der Waals surface area contributed by atoms with Crippen LogP contribution in [-0.4, -0.2) is 27.2 Å².